The molecule has 0 saturated heterocycles. The molecule has 0 fully saturated rings. The molecule has 1 atom stereocenters. The van der Waals surface area contributed by atoms with E-state index >= 15 is 0 Å². The van der Waals surface area contributed by atoms with Crippen LogP contribution < -0.4 is 5.32 Å². The Kier molecular flexibility index (Phi) is 4.70. The number of benzene rings is 2. The second-order valence-electron chi connectivity index (χ2n) is 7.12. The molecular weight excluding hydrogens is 362 g/mol. The Morgan fingerprint density at radius 3 is 2.62 bits per heavy atom. The summed E-state index contributed by atoms with van der Waals surface area (Å²) in [4.78, 5) is 8.82. The zero-order valence-electron chi connectivity index (χ0n) is 15.9. The second kappa shape index (κ2) is 7.80. The normalized spacial score (nSPS) is 12.4. The molecule has 144 valence electrons. The number of furan rings is 2. The van der Waals surface area contributed by atoms with Crippen molar-refractivity contribution in [2.75, 3.05) is 11.9 Å². The minimum atomic E-state index is 0.285. The Morgan fingerprint density at radius 1 is 0.897 bits per heavy atom. The van der Waals surface area contributed by atoms with Crippen LogP contribution in [0.1, 0.15) is 23.7 Å². The summed E-state index contributed by atoms with van der Waals surface area (Å²) in [5.41, 5.74) is 3.66. The molecule has 3 heterocycles. The number of anilines is 1. The number of aromatic nitrogens is 2. The van der Waals surface area contributed by atoms with E-state index in [9.17, 15) is 0 Å². The maximum Gasteiger partial charge on any atom is 0.196 e. The summed E-state index contributed by atoms with van der Waals surface area (Å²) in [5, 5.41) is 4.45. The van der Waals surface area contributed by atoms with Crippen LogP contribution in [0.4, 0.5) is 5.82 Å². The lowest BCUT2D eigenvalue weighted by Crippen LogP contribution is -2.11. The van der Waals surface area contributed by atoms with Crippen molar-refractivity contribution in [3.8, 4) is 0 Å². The van der Waals surface area contributed by atoms with E-state index in [1.807, 2.05) is 36.4 Å². The maximum atomic E-state index is 6.00. The fraction of sp³-hybridized carbons (Fsp3) is 0.167. The van der Waals surface area contributed by atoms with Crippen molar-refractivity contribution in [3.63, 3.8) is 0 Å². The lowest BCUT2D eigenvalue weighted by molar-refractivity contribution is 0.448. The van der Waals surface area contributed by atoms with Crippen molar-refractivity contribution < 1.29 is 8.83 Å². The third-order valence-electron chi connectivity index (χ3n) is 5.21. The van der Waals surface area contributed by atoms with Crippen LogP contribution in [0, 0.1) is 0 Å². The molecule has 0 spiro atoms. The van der Waals surface area contributed by atoms with E-state index in [0.717, 1.165) is 47.5 Å². The minimum Gasteiger partial charge on any atom is -0.469 e. The Hall–Kier alpha value is -3.60. The summed E-state index contributed by atoms with van der Waals surface area (Å²) in [6.45, 7) is 0.751. The first-order valence-corrected chi connectivity index (χ1v) is 9.82. The van der Waals surface area contributed by atoms with Gasteiger partial charge in [-0.25, -0.2) is 9.97 Å². The highest BCUT2D eigenvalue weighted by Gasteiger charge is 2.17. The minimum absolute atomic E-state index is 0.285. The zero-order valence-corrected chi connectivity index (χ0v) is 15.9. The highest BCUT2D eigenvalue weighted by Crippen LogP contribution is 2.31. The van der Waals surface area contributed by atoms with Crippen molar-refractivity contribution in [2.45, 2.75) is 18.8 Å². The Labute approximate surface area is 168 Å². The average molecular weight is 383 g/mol. The first-order valence-electron chi connectivity index (χ1n) is 9.82. The molecule has 1 unspecified atom stereocenters. The smallest absolute Gasteiger partial charge is 0.196 e. The van der Waals surface area contributed by atoms with Crippen LogP contribution >= 0.6 is 0 Å². The third-order valence-corrected chi connectivity index (χ3v) is 5.21. The van der Waals surface area contributed by atoms with Crippen molar-refractivity contribution >= 4 is 27.9 Å². The van der Waals surface area contributed by atoms with Gasteiger partial charge in [-0.15, -0.1) is 0 Å². The molecule has 3 aromatic heterocycles. The molecule has 5 nitrogen and oxygen atoms in total. The molecule has 0 bridgehead atoms. The van der Waals surface area contributed by atoms with Crippen LogP contribution in [-0.2, 0) is 6.42 Å². The molecule has 5 aromatic rings. The topological polar surface area (TPSA) is 64.1 Å². The van der Waals surface area contributed by atoms with Gasteiger partial charge in [0.2, 0.25) is 0 Å². The molecule has 5 rings (SSSR count). The lowest BCUT2D eigenvalue weighted by Gasteiger charge is -2.15. The summed E-state index contributed by atoms with van der Waals surface area (Å²) >= 11 is 0. The standard InChI is InChI=1S/C24H21N3O2/c1-2-7-17(8-3-1)15-18(20-11-6-14-28-20)12-13-25-24-23-22(26-16-27-24)19-9-4-5-10-21(19)29-23/h1-11,14,16,18H,12-13,15H2,(H,25,26,27). The van der Waals surface area contributed by atoms with Crippen molar-refractivity contribution in [1.82, 2.24) is 9.97 Å². The van der Waals surface area contributed by atoms with Crippen molar-refractivity contribution in [3.05, 3.63) is 90.6 Å². The molecular formula is C24H21N3O2. The van der Waals surface area contributed by atoms with Gasteiger partial charge in [-0.1, -0.05) is 42.5 Å². The Morgan fingerprint density at radius 2 is 1.76 bits per heavy atom. The fourth-order valence-electron chi connectivity index (χ4n) is 3.78. The van der Waals surface area contributed by atoms with Gasteiger partial charge in [0.05, 0.1) is 6.26 Å². The summed E-state index contributed by atoms with van der Waals surface area (Å²) in [6.07, 6.45) is 5.16. The fourth-order valence-corrected chi connectivity index (χ4v) is 3.78. The number of hydrogen-bond donors (Lipinski definition) is 1. The van der Waals surface area contributed by atoms with Crippen LogP contribution in [0.2, 0.25) is 0 Å². The number of para-hydroxylation sites is 1. The van der Waals surface area contributed by atoms with Crippen LogP contribution in [0.3, 0.4) is 0 Å². The molecule has 0 saturated carbocycles. The SMILES string of the molecule is c1ccc(CC(CCNc2ncnc3c2oc2ccccc23)c2ccco2)cc1. The Bertz CT molecular complexity index is 1210. The first-order chi connectivity index (χ1) is 14.4. The van der Waals surface area contributed by atoms with E-state index in [1.54, 1.807) is 12.6 Å². The van der Waals surface area contributed by atoms with Gasteiger partial charge in [-0.05, 0) is 42.7 Å². The van der Waals surface area contributed by atoms with E-state index in [4.69, 9.17) is 8.83 Å². The van der Waals surface area contributed by atoms with Crippen molar-refractivity contribution in [1.29, 1.82) is 0 Å². The average Bonchev–Trinajstić information content (AvgIpc) is 3.42. The molecule has 2 aromatic carbocycles. The molecule has 0 aliphatic rings. The number of hydrogen-bond acceptors (Lipinski definition) is 5. The molecule has 0 amide bonds. The monoisotopic (exact) mass is 383 g/mol. The van der Waals surface area contributed by atoms with Crippen LogP contribution in [0.15, 0.2) is 88.2 Å². The molecule has 0 radical (unpaired) electrons. The molecule has 0 aliphatic carbocycles. The van der Waals surface area contributed by atoms with E-state index in [2.05, 4.69) is 45.6 Å². The predicted molar refractivity (Wildman–Crippen MR) is 114 cm³/mol. The number of rotatable bonds is 7. The van der Waals surface area contributed by atoms with Gasteiger partial charge in [-0.3, -0.25) is 0 Å². The highest BCUT2D eigenvalue weighted by atomic mass is 16.3. The highest BCUT2D eigenvalue weighted by molar-refractivity contribution is 6.05. The van der Waals surface area contributed by atoms with Crippen LogP contribution in [0.5, 0.6) is 0 Å². The van der Waals surface area contributed by atoms with Crippen LogP contribution in [-0.4, -0.2) is 16.5 Å². The molecule has 1 N–H and O–H groups in total. The predicted octanol–water partition coefficient (Wildman–Crippen LogP) is 5.80. The zero-order chi connectivity index (χ0) is 19.5. The van der Waals surface area contributed by atoms with E-state index in [0.29, 0.717) is 5.58 Å². The van der Waals surface area contributed by atoms with Crippen molar-refractivity contribution in [2.24, 2.45) is 0 Å². The van der Waals surface area contributed by atoms with Gasteiger partial charge >= 0.3 is 0 Å². The summed E-state index contributed by atoms with van der Waals surface area (Å²) < 4.78 is 11.7. The lowest BCUT2D eigenvalue weighted by atomic mass is 9.94. The molecule has 29 heavy (non-hydrogen) atoms. The quantitative estimate of drug-likeness (QED) is 0.385. The van der Waals surface area contributed by atoms with Gasteiger partial charge in [-0.2, -0.15) is 0 Å². The summed E-state index contributed by atoms with van der Waals surface area (Å²) in [7, 11) is 0. The maximum absolute atomic E-state index is 6.00. The van der Waals surface area contributed by atoms with Crippen LogP contribution in [0.25, 0.3) is 22.1 Å². The number of nitrogens with one attached hydrogen (secondary N) is 1. The summed E-state index contributed by atoms with van der Waals surface area (Å²) in [6, 6.07) is 22.4. The molecule has 5 heteroatoms. The first kappa shape index (κ1) is 17.5. The van der Waals surface area contributed by atoms with Gasteiger partial charge < -0.3 is 14.2 Å². The number of nitrogens with zero attached hydrogens (tertiary/aromatic N) is 2. The van der Waals surface area contributed by atoms with Gasteiger partial charge in [0, 0.05) is 17.8 Å². The second-order valence-corrected chi connectivity index (χ2v) is 7.12. The summed E-state index contributed by atoms with van der Waals surface area (Å²) in [5.74, 6) is 2.02. The van der Waals surface area contributed by atoms with Gasteiger partial charge in [0.15, 0.2) is 11.4 Å². The van der Waals surface area contributed by atoms with E-state index < -0.39 is 0 Å². The molecule has 0 aliphatic heterocycles. The van der Waals surface area contributed by atoms with E-state index in [-0.39, 0.29) is 5.92 Å². The number of fused-ring (bicyclic) bond motifs is 3. The van der Waals surface area contributed by atoms with Gasteiger partial charge in [0.25, 0.3) is 0 Å². The van der Waals surface area contributed by atoms with E-state index in [1.165, 1.54) is 5.56 Å². The largest absolute Gasteiger partial charge is 0.469 e. The Balaban J connectivity index is 1.35. The van der Waals surface area contributed by atoms with Gasteiger partial charge in [0.1, 0.15) is 23.2 Å². The third kappa shape index (κ3) is 3.59.